The summed E-state index contributed by atoms with van der Waals surface area (Å²) in [5.74, 6) is 0.0937. The highest BCUT2D eigenvalue weighted by molar-refractivity contribution is 9.10. The zero-order chi connectivity index (χ0) is 23.5. The maximum atomic E-state index is 12.7. The molecule has 166 valence electrons. The van der Waals surface area contributed by atoms with Crippen molar-refractivity contribution in [2.24, 2.45) is 0 Å². The average Bonchev–Trinajstić information content (AvgIpc) is 2.78. The second-order valence-electron chi connectivity index (χ2n) is 7.27. The number of aryl methyl sites for hydroxylation is 1. The van der Waals surface area contributed by atoms with E-state index in [1.165, 1.54) is 7.11 Å². The molecule has 1 heterocycles. The second kappa shape index (κ2) is 9.56. The number of para-hydroxylation sites is 1. The number of halogens is 1. The molecule has 0 fully saturated rings. The highest BCUT2D eigenvalue weighted by Crippen LogP contribution is 2.28. The first-order valence-corrected chi connectivity index (χ1v) is 11.2. The summed E-state index contributed by atoms with van der Waals surface area (Å²) in [4.78, 5) is 25.1. The van der Waals surface area contributed by atoms with Crippen molar-refractivity contribution in [3.05, 3.63) is 92.7 Å². The molecule has 33 heavy (non-hydrogen) atoms. The van der Waals surface area contributed by atoms with E-state index in [4.69, 9.17) is 21.4 Å². The molecular formula is C25H19BrN2O4S. The molecular weight excluding hydrogens is 504 g/mol. The summed E-state index contributed by atoms with van der Waals surface area (Å²) >= 11 is 8.69. The monoisotopic (exact) mass is 522 g/mol. The van der Waals surface area contributed by atoms with Crippen molar-refractivity contribution in [1.29, 1.82) is 0 Å². The number of carbonyl (C=O) groups excluding carboxylic acids is 1. The molecule has 3 aromatic carbocycles. The van der Waals surface area contributed by atoms with Gasteiger partial charge in [-0.05, 0) is 66.7 Å². The molecule has 0 unspecified atom stereocenters. The van der Waals surface area contributed by atoms with E-state index >= 15 is 0 Å². The van der Waals surface area contributed by atoms with E-state index < -0.39 is 5.63 Å². The number of rotatable bonds is 4. The van der Waals surface area contributed by atoms with Crippen LogP contribution in [0.25, 0.3) is 22.1 Å². The Bertz CT molecular complexity index is 1430. The molecule has 0 aliphatic carbocycles. The summed E-state index contributed by atoms with van der Waals surface area (Å²) in [6, 6.07) is 19.8. The molecule has 4 aromatic rings. The fourth-order valence-corrected chi connectivity index (χ4v) is 4.28. The number of carbonyl (C=O) groups is 1. The standard InChI is InChI=1S/C25H19BrN2O4S/c1-14-11-17(26)13-20(22(14)31-2)23(29)28-25(33)27-18-9-7-15(8-10-18)19-12-16-5-3-4-6-21(16)32-24(19)30/h3-13H,1-2H3,(H2,27,28,29,33). The van der Waals surface area contributed by atoms with Crippen molar-refractivity contribution in [3.8, 4) is 16.9 Å². The Balaban J connectivity index is 1.49. The highest BCUT2D eigenvalue weighted by Gasteiger charge is 2.17. The molecule has 0 aliphatic rings. The molecule has 0 saturated carbocycles. The molecule has 0 spiro atoms. The van der Waals surface area contributed by atoms with Crippen LogP contribution in [0.5, 0.6) is 5.75 Å². The van der Waals surface area contributed by atoms with Gasteiger partial charge in [-0.3, -0.25) is 10.1 Å². The van der Waals surface area contributed by atoms with Gasteiger partial charge in [-0.15, -0.1) is 0 Å². The van der Waals surface area contributed by atoms with E-state index in [0.717, 1.165) is 15.4 Å². The maximum Gasteiger partial charge on any atom is 0.344 e. The van der Waals surface area contributed by atoms with Gasteiger partial charge in [0.05, 0.1) is 18.2 Å². The van der Waals surface area contributed by atoms with Crippen molar-refractivity contribution in [1.82, 2.24) is 5.32 Å². The van der Waals surface area contributed by atoms with Gasteiger partial charge in [0.2, 0.25) is 0 Å². The Morgan fingerprint density at radius 1 is 1.06 bits per heavy atom. The Labute approximate surface area is 203 Å². The zero-order valence-electron chi connectivity index (χ0n) is 17.8. The SMILES string of the molecule is COc1c(C)cc(Br)cc1C(=O)NC(=S)Nc1ccc(-c2cc3ccccc3oc2=O)cc1. The topological polar surface area (TPSA) is 80.6 Å². The van der Waals surface area contributed by atoms with Crippen LogP contribution in [0.15, 0.2) is 80.4 Å². The van der Waals surface area contributed by atoms with Crippen molar-refractivity contribution >= 4 is 55.8 Å². The van der Waals surface area contributed by atoms with Gasteiger partial charge in [-0.1, -0.05) is 46.3 Å². The summed E-state index contributed by atoms with van der Waals surface area (Å²) in [6.07, 6.45) is 0. The van der Waals surface area contributed by atoms with Crippen LogP contribution in [-0.2, 0) is 0 Å². The number of methoxy groups -OCH3 is 1. The Kier molecular flexibility index (Phi) is 6.57. The molecule has 1 amide bonds. The van der Waals surface area contributed by atoms with Gasteiger partial charge >= 0.3 is 5.63 Å². The lowest BCUT2D eigenvalue weighted by atomic mass is 10.1. The number of benzene rings is 3. The fraction of sp³-hybridized carbons (Fsp3) is 0.0800. The molecule has 4 rings (SSSR count). The number of nitrogens with one attached hydrogen (secondary N) is 2. The third kappa shape index (κ3) is 4.97. The minimum absolute atomic E-state index is 0.137. The Morgan fingerprint density at radius 2 is 1.79 bits per heavy atom. The smallest absolute Gasteiger partial charge is 0.344 e. The molecule has 8 heteroatoms. The first-order chi connectivity index (χ1) is 15.9. The third-order valence-electron chi connectivity index (χ3n) is 5.01. The first-order valence-electron chi connectivity index (χ1n) is 9.95. The summed E-state index contributed by atoms with van der Waals surface area (Å²) in [5, 5.41) is 6.62. The number of amides is 1. The minimum Gasteiger partial charge on any atom is -0.496 e. The normalized spacial score (nSPS) is 10.6. The quantitative estimate of drug-likeness (QED) is 0.265. The minimum atomic E-state index is -0.407. The van der Waals surface area contributed by atoms with Gasteiger partial charge in [-0.25, -0.2) is 4.79 Å². The molecule has 6 nitrogen and oxygen atoms in total. The average molecular weight is 523 g/mol. The molecule has 0 aliphatic heterocycles. The van der Waals surface area contributed by atoms with Crippen molar-refractivity contribution in [2.45, 2.75) is 6.92 Å². The van der Waals surface area contributed by atoms with Gasteiger partial charge in [0.15, 0.2) is 5.11 Å². The van der Waals surface area contributed by atoms with Crippen LogP contribution in [0.3, 0.4) is 0 Å². The maximum absolute atomic E-state index is 12.7. The fourth-order valence-electron chi connectivity index (χ4n) is 3.50. The van der Waals surface area contributed by atoms with E-state index in [2.05, 4.69) is 26.6 Å². The predicted molar refractivity (Wildman–Crippen MR) is 137 cm³/mol. The molecule has 0 radical (unpaired) electrons. The molecule has 2 N–H and O–H groups in total. The Hall–Kier alpha value is -3.49. The van der Waals surface area contributed by atoms with Crippen LogP contribution >= 0.6 is 28.1 Å². The number of ether oxygens (including phenoxy) is 1. The van der Waals surface area contributed by atoms with Gasteiger partial charge in [-0.2, -0.15) is 0 Å². The number of hydrogen-bond donors (Lipinski definition) is 2. The lowest BCUT2D eigenvalue weighted by Crippen LogP contribution is -2.34. The van der Waals surface area contributed by atoms with E-state index in [1.54, 1.807) is 36.4 Å². The van der Waals surface area contributed by atoms with Crippen LogP contribution in [0.1, 0.15) is 15.9 Å². The van der Waals surface area contributed by atoms with Crippen molar-refractivity contribution in [2.75, 3.05) is 12.4 Å². The third-order valence-corrected chi connectivity index (χ3v) is 5.67. The lowest BCUT2D eigenvalue weighted by Gasteiger charge is -2.14. The molecule has 0 saturated heterocycles. The summed E-state index contributed by atoms with van der Waals surface area (Å²) in [5.41, 5.74) is 3.17. The van der Waals surface area contributed by atoms with Crippen LogP contribution in [0, 0.1) is 6.92 Å². The van der Waals surface area contributed by atoms with Crippen LogP contribution < -0.4 is 21.0 Å². The van der Waals surface area contributed by atoms with E-state index in [1.807, 2.05) is 37.3 Å². The molecule has 0 bridgehead atoms. The van der Waals surface area contributed by atoms with Crippen molar-refractivity contribution in [3.63, 3.8) is 0 Å². The van der Waals surface area contributed by atoms with E-state index in [9.17, 15) is 9.59 Å². The van der Waals surface area contributed by atoms with E-state index in [-0.39, 0.29) is 11.0 Å². The van der Waals surface area contributed by atoms with Gasteiger partial charge < -0.3 is 14.5 Å². The lowest BCUT2D eigenvalue weighted by molar-refractivity contribution is 0.0974. The second-order valence-corrected chi connectivity index (χ2v) is 8.60. The van der Waals surface area contributed by atoms with Gasteiger partial charge in [0.1, 0.15) is 11.3 Å². The molecule has 0 atom stereocenters. The highest BCUT2D eigenvalue weighted by atomic mass is 79.9. The van der Waals surface area contributed by atoms with Gasteiger partial charge in [0, 0.05) is 15.5 Å². The van der Waals surface area contributed by atoms with Crippen LogP contribution in [0.2, 0.25) is 0 Å². The summed E-state index contributed by atoms with van der Waals surface area (Å²) in [6.45, 7) is 1.86. The Morgan fingerprint density at radius 3 is 2.52 bits per heavy atom. The first kappa shape index (κ1) is 22.7. The van der Waals surface area contributed by atoms with E-state index in [0.29, 0.717) is 33.7 Å². The predicted octanol–water partition coefficient (Wildman–Crippen LogP) is 5.67. The van der Waals surface area contributed by atoms with Crippen LogP contribution in [0.4, 0.5) is 5.69 Å². The summed E-state index contributed by atoms with van der Waals surface area (Å²) in [7, 11) is 1.52. The van der Waals surface area contributed by atoms with Crippen LogP contribution in [-0.4, -0.2) is 18.1 Å². The number of thiocarbonyl (C=S) groups is 1. The number of anilines is 1. The zero-order valence-corrected chi connectivity index (χ0v) is 20.2. The molecule has 1 aromatic heterocycles. The van der Waals surface area contributed by atoms with Crippen molar-refractivity contribution < 1.29 is 13.9 Å². The van der Waals surface area contributed by atoms with Gasteiger partial charge in [0.25, 0.3) is 5.91 Å². The summed E-state index contributed by atoms with van der Waals surface area (Å²) < 4.78 is 11.5. The largest absolute Gasteiger partial charge is 0.496 e. The number of fused-ring (bicyclic) bond motifs is 1. The number of hydrogen-bond acceptors (Lipinski definition) is 5.